The van der Waals surface area contributed by atoms with Gasteiger partial charge in [-0.25, -0.2) is 4.79 Å². The number of aliphatic carboxylic acids is 1. The molecule has 0 spiro atoms. The smallest absolute Gasteiger partial charge is 0.335 e. The van der Waals surface area contributed by atoms with Crippen molar-refractivity contribution in [2.75, 3.05) is 6.61 Å². The van der Waals surface area contributed by atoms with Crippen LogP contribution in [0.15, 0.2) is 0 Å². The van der Waals surface area contributed by atoms with Gasteiger partial charge in [0.05, 0.1) is 13.0 Å². The van der Waals surface area contributed by atoms with Gasteiger partial charge in [-0.3, -0.25) is 4.79 Å². The summed E-state index contributed by atoms with van der Waals surface area (Å²) in [4.78, 5) is 23.2. The van der Waals surface area contributed by atoms with E-state index in [0.29, 0.717) is 17.3 Å². The molecule has 47 heavy (non-hydrogen) atoms. The number of esters is 1. The predicted molar refractivity (Wildman–Crippen MR) is 201 cm³/mol. The molecule has 5 heteroatoms. The van der Waals surface area contributed by atoms with Crippen LogP contribution >= 0.6 is 0 Å². The van der Waals surface area contributed by atoms with Crippen molar-refractivity contribution in [1.82, 2.24) is 0 Å². The molecule has 0 radical (unpaired) electrons. The van der Waals surface area contributed by atoms with Crippen LogP contribution in [0.3, 0.4) is 0 Å². The quantitative estimate of drug-likeness (QED) is 0.0568. The van der Waals surface area contributed by atoms with Crippen LogP contribution < -0.4 is 0 Å². The third kappa shape index (κ3) is 27.4. The number of aliphatic hydroxyl groups is 1. The molecular weight excluding hydrogens is 584 g/mol. The Hall–Kier alpha value is -1.10. The fraction of sp³-hybridized carbons (Fsp3) is 0.952. The Labute approximate surface area is 293 Å². The van der Waals surface area contributed by atoms with Crippen molar-refractivity contribution in [1.29, 1.82) is 0 Å². The highest BCUT2D eigenvalue weighted by molar-refractivity contribution is 5.80. The molecule has 0 rings (SSSR count). The van der Waals surface area contributed by atoms with Gasteiger partial charge >= 0.3 is 11.9 Å². The second-order valence-electron chi connectivity index (χ2n) is 17.5. The minimum atomic E-state index is -1.61. The molecule has 0 aliphatic rings. The summed E-state index contributed by atoms with van der Waals surface area (Å²) in [5, 5.41) is 18.8. The third-order valence-corrected chi connectivity index (χ3v) is 10.4. The first-order valence-corrected chi connectivity index (χ1v) is 20.2. The molecule has 0 aromatic rings. The SMILES string of the molecule is CCCCCCCCCCC(CCCCCCCC)CCC(C)(C)CC(C)CCC(COC(=O)C(O)CC(=O)O)C(C)CC(C)(C)C. The number of carboxylic acids is 1. The topological polar surface area (TPSA) is 83.8 Å². The van der Waals surface area contributed by atoms with Gasteiger partial charge in [0, 0.05) is 0 Å². The van der Waals surface area contributed by atoms with Crippen LogP contribution in [0.4, 0.5) is 0 Å². The summed E-state index contributed by atoms with van der Waals surface area (Å²) >= 11 is 0. The van der Waals surface area contributed by atoms with Gasteiger partial charge in [-0.2, -0.15) is 0 Å². The summed E-state index contributed by atoms with van der Waals surface area (Å²) in [6, 6.07) is 0. The summed E-state index contributed by atoms with van der Waals surface area (Å²) in [6.45, 7) is 21.1. The van der Waals surface area contributed by atoms with Gasteiger partial charge < -0.3 is 14.9 Å². The van der Waals surface area contributed by atoms with Gasteiger partial charge in [0.25, 0.3) is 0 Å². The lowest BCUT2D eigenvalue weighted by Crippen LogP contribution is -2.30. The van der Waals surface area contributed by atoms with Crippen LogP contribution in [-0.4, -0.2) is 34.9 Å². The number of carbonyl (C=O) groups is 2. The van der Waals surface area contributed by atoms with E-state index < -0.39 is 24.5 Å². The zero-order valence-corrected chi connectivity index (χ0v) is 33.0. The lowest BCUT2D eigenvalue weighted by Gasteiger charge is -2.33. The molecule has 0 aliphatic carbocycles. The number of rotatable bonds is 31. The molecule has 280 valence electrons. The molecule has 0 fully saturated rings. The number of hydrogen-bond acceptors (Lipinski definition) is 4. The highest BCUT2D eigenvalue weighted by atomic mass is 16.5. The Morgan fingerprint density at radius 3 is 1.62 bits per heavy atom. The van der Waals surface area contributed by atoms with Crippen LogP contribution in [-0.2, 0) is 14.3 Å². The number of ether oxygens (including phenoxy) is 1. The highest BCUT2D eigenvalue weighted by Crippen LogP contribution is 2.37. The van der Waals surface area contributed by atoms with Crippen LogP contribution in [0.1, 0.15) is 210 Å². The predicted octanol–water partition coefficient (Wildman–Crippen LogP) is 12.6. The number of carboxylic acid groups (broad SMARTS) is 1. The Kier molecular flexibility index (Phi) is 26.1. The van der Waals surface area contributed by atoms with E-state index in [2.05, 4.69) is 62.3 Å². The molecule has 0 bridgehead atoms. The van der Waals surface area contributed by atoms with Crippen LogP contribution in [0.5, 0.6) is 0 Å². The van der Waals surface area contributed by atoms with Crippen molar-refractivity contribution in [2.45, 2.75) is 216 Å². The fourth-order valence-corrected chi connectivity index (χ4v) is 7.65. The van der Waals surface area contributed by atoms with E-state index in [0.717, 1.165) is 25.2 Å². The fourth-order valence-electron chi connectivity index (χ4n) is 7.65. The Morgan fingerprint density at radius 1 is 0.660 bits per heavy atom. The van der Waals surface area contributed by atoms with Crippen LogP contribution in [0.25, 0.3) is 0 Å². The summed E-state index contributed by atoms with van der Waals surface area (Å²) in [5.41, 5.74) is 0.469. The largest absolute Gasteiger partial charge is 0.481 e. The van der Waals surface area contributed by atoms with Gasteiger partial charge in [0.1, 0.15) is 0 Å². The second kappa shape index (κ2) is 26.7. The molecule has 0 aromatic carbocycles. The van der Waals surface area contributed by atoms with E-state index in [4.69, 9.17) is 9.84 Å². The molecule has 0 heterocycles. The van der Waals surface area contributed by atoms with Gasteiger partial charge in [0.15, 0.2) is 6.10 Å². The number of aliphatic hydroxyl groups excluding tert-OH is 1. The molecule has 5 unspecified atom stereocenters. The molecule has 0 aliphatic heterocycles. The standard InChI is InChI=1S/C42H82O5/c1-10-12-14-16-18-19-21-23-25-36(24-22-20-17-15-13-11-2)28-29-42(8,9)31-34(3)26-27-37(35(4)32-41(5,6)7)33-47-40(46)38(43)30-39(44)45/h34-38,43H,10-33H2,1-9H3,(H,44,45). The van der Waals surface area contributed by atoms with Gasteiger partial charge in [0.2, 0.25) is 0 Å². The third-order valence-electron chi connectivity index (χ3n) is 10.4. The molecule has 0 saturated heterocycles. The minimum Gasteiger partial charge on any atom is -0.481 e. The highest BCUT2D eigenvalue weighted by Gasteiger charge is 2.28. The first kappa shape index (κ1) is 45.9. The van der Waals surface area contributed by atoms with Crippen LogP contribution in [0.2, 0.25) is 0 Å². The number of carbonyl (C=O) groups excluding carboxylic acids is 1. The summed E-state index contributed by atoms with van der Waals surface area (Å²) in [7, 11) is 0. The summed E-state index contributed by atoms with van der Waals surface area (Å²) in [5.74, 6) is -0.0349. The summed E-state index contributed by atoms with van der Waals surface area (Å²) < 4.78 is 5.48. The van der Waals surface area contributed by atoms with E-state index in [9.17, 15) is 14.7 Å². The van der Waals surface area contributed by atoms with Crippen molar-refractivity contribution in [3.63, 3.8) is 0 Å². The van der Waals surface area contributed by atoms with Gasteiger partial charge in [-0.15, -0.1) is 0 Å². The van der Waals surface area contributed by atoms with Crippen LogP contribution in [0, 0.1) is 34.5 Å². The normalized spacial score (nSPS) is 15.6. The average Bonchev–Trinajstić information content (AvgIpc) is 2.96. The second-order valence-corrected chi connectivity index (χ2v) is 17.5. The molecule has 0 aromatic heterocycles. The first-order chi connectivity index (χ1) is 22.1. The number of hydrogen-bond donors (Lipinski definition) is 2. The Balaban J connectivity index is 5.01. The number of unbranched alkanes of at least 4 members (excludes halogenated alkanes) is 12. The zero-order chi connectivity index (χ0) is 35.7. The first-order valence-electron chi connectivity index (χ1n) is 20.2. The van der Waals surface area contributed by atoms with Crippen molar-refractivity contribution in [3.05, 3.63) is 0 Å². The van der Waals surface area contributed by atoms with Crippen molar-refractivity contribution >= 4 is 11.9 Å². The molecule has 5 atom stereocenters. The van der Waals surface area contributed by atoms with Crippen molar-refractivity contribution in [2.24, 2.45) is 34.5 Å². The van der Waals surface area contributed by atoms with E-state index in [-0.39, 0.29) is 17.9 Å². The van der Waals surface area contributed by atoms with E-state index in [1.807, 2.05) is 0 Å². The van der Waals surface area contributed by atoms with Crippen molar-refractivity contribution < 1.29 is 24.5 Å². The van der Waals surface area contributed by atoms with Gasteiger partial charge in [-0.05, 0) is 66.6 Å². The lowest BCUT2D eigenvalue weighted by molar-refractivity contribution is -0.160. The zero-order valence-electron chi connectivity index (χ0n) is 33.0. The Bertz CT molecular complexity index is 769. The summed E-state index contributed by atoms with van der Waals surface area (Å²) in [6.07, 6.45) is 27.0. The lowest BCUT2D eigenvalue weighted by atomic mass is 9.74. The molecule has 0 saturated carbocycles. The maximum atomic E-state index is 12.3. The van der Waals surface area contributed by atoms with E-state index >= 15 is 0 Å². The Morgan fingerprint density at radius 2 is 1.15 bits per heavy atom. The van der Waals surface area contributed by atoms with E-state index in [1.165, 1.54) is 122 Å². The maximum absolute atomic E-state index is 12.3. The maximum Gasteiger partial charge on any atom is 0.335 e. The molecule has 0 amide bonds. The molecule has 2 N–H and O–H groups in total. The van der Waals surface area contributed by atoms with Gasteiger partial charge in [-0.1, -0.05) is 171 Å². The minimum absolute atomic E-state index is 0.165. The van der Waals surface area contributed by atoms with E-state index in [1.54, 1.807) is 0 Å². The molecular formula is C42H82O5. The monoisotopic (exact) mass is 667 g/mol. The van der Waals surface area contributed by atoms with Crippen molar-refractivity contribution in [3.8, 4) is 0 Å². The molecule has 5 nitrogen and oxygen atoms in total. The average molecular weight is 667 g/mol.